The first-order chi connectivity index (χ1) is 7.47. The van der Waals surface area contributed by atoms with Crippen LogP contribution in [0.5, 0.6) is 0 Å². The minimum atomic E-state index is -3.22. The van der Waals surface area contributed by atoms with E-state index in [1.165, 1.54) is 0 Å². The van der Waals surface area contributed by atoms with E-state index >= 15 is 0 Å². The van der Waals surface area contributed by atoms with Crippen LogP contribution in [-0.2, 0) is 16.4 Å². The van der Waals surface area contributed by atoms with Crippen LogP contribution in [0, 0.1) is 0 Å². The van der Waals surface area contributed by atoms with E-state index in [4.69, 9.17) is 0 Å². The Morgan fingerprint density at radius 2 is 2.12 bits per heavy atom. The molecule has 1 aliphatic heterocycles. The van der Waals surface area contributed by atoms with Crippen LogP contribution >= 0.6 is 0 Å². The normalized spacial score (nSPS) is 15.2. The zero-order chi connectivity index (χ0) is 11.8. The lowest BCUT2D eigenvalue weighted by Gasteiger charge is -2.18. The predicted molar refractivity (Wildman–Crippen MR) is 65.7 cm³/mol. The third-order valence-electron chi connectivity index (χ3n) is 2.57. The van der Waals surface area contributed by atoms with Gasteiger partial charge in [-0.2, -0.15) is 0 Å². The third kappa shape index (κ3) is 2.24. The van der Waals surface area contributed by atoms with E-state index in [0.29, 0.717) is 5.69 Å². The van der Waals surface area contributed by atoms with Gasteiger partial charge in [-0.1, -0.05) is 12.1 Å². The number of anilines is 1. The van der Waals surface area contributed by atoms with Crippen molar-refractivity contribution >= 4 is 21.4 Å². The monoisotopic (exact) mass is 238 g/mol. The standard InChI is InChI=1S/C11H14N2O2S/c1-8-9-4-3-5-11(13-16(2,14)15)10(9)6-7-12-8/h3-5,13H,6-7H2,1-2H3. The van der Waals surface area contributed by atoms with Crippen LogP contribution in [0.1, 0.15) is 18.1 Å². The van der Waals surface area contributed by atoms with Crippen LogP contribution < -0.4 is 4.72 Å². The molecule has 0 spiro atoms. The molecule has 1 N–H and O–H groups in total. The number of nitrogens with zero attached hydrogens (tertiary/aromatic N) is 1. The number of aliphatic imine (C=N–C) groups is 1. The summed E-state index contributed by atoms with van der Waals surface area (Å²) in [5.74, 6) is 0. The third-order valence-corrected chi connectivity index (χ3v) is 3.16. The summed E-state index contributed by atoms with van der Waals surface area (Å²) in [5, 5.41) is 0. The summed E-state index contributed by atoms with van der Waals surface area (Å²) in [6.07, 6.45) is 1.95. The van der Waals surface area contributed by atoms with Crippen molar-refractivity contribution in [2.75, 3.05) is 17.5 Å². The molecule has 86 valence electrons. The summed E-state index contributed by atoms with van der Waals surface area (Å²) in [6, 6.07) is 5.61. The van der Waals surface area contributed by atoms with Gasteiger partial charge in [-0.05, 0) is 25.0 Å². The van der Waals surface area contributed by atoms with Crippen molar-refractivity contribution in [2.45, 2.75) is 13.3 Å². The Kier molecular flexibility index (Phi) is 2.71. The van der Waals surface area contributed by atoms with E-state index in [2.05, 4.69) is 9.71 Å². The van der Waals surface area contributed by atoms with Crippen LogP contribution in [0.4, 0.5) is 5.69 Å². The van der Waals surface area contributed by atoms with Crippen LogP contribution in [0.15, 0.2) is 23.2 Å². The molecule has 16 heavy (non-hydrogen) atoms. The zero-order valence-corrected chi connectivity index (χ0v) is 10.1. The lowest BCUT2D eigenvalue weighted by Crippen LogP contribution is -2.16. The number of hydrogen-bond donors (Lipinski definition) is 1. The summed E-state index contributed by atoms with van der Waals surface area (Å²) in [5.41, 5.74) is 3.73. The van der Waals surface area contributed by atoms with Crippen molar-refractivity contribution in [1.82, 2.24) is 0 Å². The van der Waals surface area contributed by atoms with Gasteiger partial charge >= 0.3 is 0 Å². The summed E-state index contributed by atoms with van der Waals surface area (Å²) in [7, 11) is -3.22. The van der Waals surface area contributed by atoms with Crippen molar-refractivity contribution in [3.05, 3.63) is 29.3 Å². The molecule has 1 aromatic rings. The van der Waals surface area contributed by atoms with Gasteiger partial charge in [0.1, 0.15) is 0 Å². The quantitative estimate of drug-likeness (QED) is 0.847. The molecule has 0 bridgehead atoms. The highest BCUT2D eigenvalue weighted by molar-refractivity contribution is 7.92. The summed E-state index contributed by atoms with van der Waals surface area (Å²) in [6.45, 7) is 2.67. The Labute approximate surface area is 95.5 Å². The molecule has 0 unspecified atom stereocenters. The van der Waals surface area contributed by atoms with Crippen molar-refractivity contribution in [3.63, 3.8) is 0 Å². The van der Waals surface area contributed by atoms with E-state index in [-0.39, 0.29) is 0 Å². The topological polar surface area (TPSA) is 58.5 Å². The largest absolute Gasteiger partial charge is 0.289 e. The van der Waals surface area contributed by atoms with E-state index < -0.39 is 10.0 Å². The van der Waals surface area contributed by atoms with Crippen molar-refractivity contribution in [3.8, 4) is 0 Å². The Bertz CT molecular complexity index is 547. The fourth-order valence-corrected chi connectivity index (χ4v) is 2.50. The maximum Gasteiger partial charge on any atom is 0.229 e. The number of sulfonamides is 1. The van der Waals surface area contributed by atoms with Crippen molar-refractivity contribution < 1.29 is 8.42 Å². The fourth-order valence-electron chi connectivity index (χ4n) is 1.91. The van der Waals surface area contributed by atoms with Gasteiger partial charge in [0.2, 0.25) is 10.0 Å². The number of rotatable bonds is 2. The molecule has 1 aliphatic rings. The van der Waals surface area contributed by atoms with E-state index in [0.717, 1.165) is 36.1 Å². The summed E-state index contributed by atoms with van der Waals surface area (Å²) >= 11 is 0. The minimum absolute atomic E-state index is 0.675. The molecule has 0 saturated carbocycles. The second-order valence-corrected chi connectivity index (χ2v) is 5.67. The maximum absolute atomic E-state index is 11.2. The smallest absolute Gasteiger partial charge is 0.229 e. The highest BCUT2D eigenvalue weighted by atomic mass is 32.2. The Balaban J connectivity index is 2.49. The number of benzene rings is 1. The minimum Gasteiger partial charge on any atom is -0.289 e. The molecule has 0 aromatic heterocycles. The lowest BCUT2D eigenvalue weighted by atomic mass is 9.97. The predicted octanol–water partition coefficient (Wildman–Crippen LogP) is 1.42. The fraction of sp³-hybridized carbons (Fsp3) is 0.364. The van der Waals surface area contributed by atoms with E-state index in [1.807, 2.05) is 19.1 Å². The Morgan fingerprint density at radius 3 is 2.81 bits per heavy atom. The van der Waals surface area contributed by atoms with Crippen LogP contribution in [0.3, 0.4) is 0 Å². The molecular weight excluding hydrogens is 224 g/mol. The van der Waals surface area contributed by atoms with Gasteiger partial charge in [0.05, 0.1) is 11.9 Å². The average Bonchev–Trinajstić information content (AvgIpc) is 2.17. The van der Waals surface area contributed by atoms with Crippen LogP contribution in [0.25, 0.3) is 0 Å². The van der Waals surface area contributed by atoms with Gasteiger partial charge in [0.25, 0.3) is 0 Å². The Hall–Kier alpha value is -1.36. The number of fused-ring (bicyclic) bond motifs is 1. The Morgan fingerprint density at radius 1 is 1.38 bits per heavy atom. The van der Waals surface area contributed by atoms with Gasteiger partial charge < -0.3 is 0 Å². The molecule has 1 aromatic carbocycles. The highest BCUT2D eigenvalue weighted by Gasteiger charge is 2.15. The number of hydrogen-bond acceptors (Lipinski definition) is 3. The molecule has 0 amide bonds. The molecule has 0 atom stereocenters. The summed E-state index contributed by atoms with van der Waals surface area (Å²) < 4.78 is 25.0. The first-order valence-electron chi connectivity index (χ1n) is 5.08. The molecule has 0 saturated heterocycles. The van der Waals surface area contributed by atoms with Gasteiger partial charge in [0, 0.05) is 17.8 Å². The van der Waals surface area contributed by atoms with E-state index in [1.54, 1.807) is 6.07 Å². The molecule has 2 rings (SSSR count). The second kappa shape index (κ2) is 3.90. The zero-order valence-electron chi connectivity index (χ0n) is 9.32. The molecular formula is C11H14N2O2S. The molecule has 0 radical (unpaired) electrons. The molecule has 1 heterocycles. The van der Waals surface area contributed by atoms with Crippen LogP contribution in [-0.4, -0.2) is 26.9 Å². The first-order valence-corrected chi connectivity index (χ1v) is 6.97. The molecule has 0 aliphatic carbocycles. The molecule has 5 heteroatoms. The van der Waals surface area contributed by atoms with Crippen molar-refractivity contribution in [2.24, 2.45) is 4.99 Å². The van der Waals surface area contributed by atoms with Gasteiger partial charge in [0.15, 0.2) is 0 Å². The average molecular weight is 238 g/mol. The van der Waals surface area contributed by atoms with Crippen LogP contribution in [0.2, 0.25) is 0 Å². The molecule has 0 fully saturated rings. The van der Waals surface area contributed by atoms with Gasteiger partial charge in [-0.3, -0.25) is 9.71 Å². The maximum atomic E-state index is 11.2. The first kappa shape index (κ1) is 11.1. The van der Waals surface area contributed by atoms with Crippen molar-refractivity contribution in [1.29, 1.82) is 0 Å². The molecule has 4 nitrogen and oxygen atoms in total. The van der Waals surface area contributed by atoms with Gasteiger partial charge in [-0.25, -0.2) is 8.42 Å². The van der Waals surface area contributed by atoms with Gasteiger partial charge in [-0.15, -0.1) is 0 Å². The van der Waals surface area contributed by atoms with E-state index in [9.17, 15) is 8.42 Å². The lowest BCUT2D eigenvalue weighted by molar-refractivity contribution is 0.606. The SMILES string of the molecule is CC1=NCCc2c(NS(C)(=O)=O)cccc21. The highest BCUT2D eigenvalue weighted by Crippen LogP contribution is 2.25. The summed E-state index contributed by atoms with van der Waals surface area (Å²) in [4.78, 5) is 4.35. The second-order valence-electron chi connectivity index (χ2n) is 3.92. The number of nitrogens with one attached hydrogen (secondary N) is 1.